The van der Waals surface area contributed by atoms with Crippen LogP contribution in [0.15, 0.2) is 0 Å². The Balaban J connectivity index is 4.20. The highest BCUT2D eigenvalue weighted by molar-refractivity contribution is 6.75. The minimum absolute atomic E-state index is 0.00603. The summed E-state index contributed by atoms with van der Waals surface area (Å²) < 4.78 is 9.95. The SMILES string of the molecule is COC(=O)CCC(=O)O[Si](C)(C)C(C)(C)C. The minimum Gasteiger partial charge on any atom is -0.519 e. The molecule has 0 amide bonds. The minimum atomic E-state index is -2.05. The Hall–Kier alpha value is -0.843. The van der Waals surface area contributed by atoms with Gasteiger partial charge in [-0.3, -0.25) is 9.59 Å². The summed E-state index contributed by atoms with van der Waals surface area (Å²) in [6.07, 6.45) is 0.184. The first-order valence-electron chi connectivity index (χ1n) is 5.39. The van der Waals surface area contributed by atoms with Crippen molar-refractivity contribution >= 4 is 20.3 Å². The summed E-state index contributed by atoms with van der Waals surface area (Å²) in [6.45, 7) is 10.2. The molecule has 0 radical (unpaired) electrons. The molecule has 94 valence electrons. The highest BCUT2D eigenvalue weighted by Gasteiger charge is 2.40. The highest BCUT2D eigenvalue weighted by Crippen LogP contribution is 2.36. The Morgan fingerprint density at radius 3 is 1.88 bits per heavy atom. The van der Waals surface area contributed by atoms with Crippen LogP contribution in [-0.2, 0) is 18.8 Å². The molecule has 4 nitrogen and oxygen atoms in total. The Morgan fingerprint density at radius 2 is 1.50 bits per heavy atom. The van der Waals surface area contributed by atoms with Gasteiger partial charge in [0.15, 0.2) is 0 Å². The zero-order valence-electron chi connectivity index (χ0n) is 11.0. The zero-order chi connectivity index (χ0) is 13.0. The normalized spacial score (nSPS) is 12.1. The van der Waals surface area contributed by atoms with E-state index in [0.717, 1.165) is 0 Å². The second-order valence-corrected chi connectivity index (χ2v) is 10.0. The summed E-state index contributed by atoms with van der Waals surface area (Å²) >= 11 is 0. The molecule has 0 aromatic carbocycles. The molecule has 0 heterocycles. The molecule has 0 atom stereocenters. The predicted octanol–water partition coefficient (Wildman–Crippen LogP) is 2.49. The lowest BCUT2D eigenvalue weighted by atomic mass is 10.2. The van der Waals surface area contributed by atoms with Gasteiger partial charge >= 0.3 is 5.97 Å². The molecule has 0 aromatic heterocycles. The lowest BCUT2D eigenvalue weighted by Crippen LogP contribution is -2.42. The van der Waals surface area contributed by atoms with Gasteiger partial charge in [-0.05, 0) is 18.1 Å². The third-order valence-electron chi connectivity index (χ3n) is 2.94. The summed E-state index contributed by atoms with van der Waals surface area (Å²) in [5, 5.41) is -0.00603. The van der Waals surface area contributed by atoms with Crippen LogP contribution in [-0.4, -0.2) is 27.4 Å². The Labute approximate surface area is 98.4 Å². The summed E-state index contributed by atoms with van der Waals surface area (Å²) in [4.78, 5) is 22.4. The van der Waals surface area contributed by atoms with E-state index in [1.165, 1.54) is 7.11 Å². The molecular weight excluding hydrogens is 224 g/mol. The van der Waals surface area contributed by atoms with Crippen molar-refractivity contribution in [1.82, 2.24) is 0 Å². The summed E-state index contributed by atoms with van der Waals surface area (Å²) in [7, 11) is -0.745. The second-order valence-electron chi connectivity index (χ2n) is 5.31. The molecule has 0 saturated carbocycles. The van der Waals surface area contributed by atoms with E-state index in [1.54, 1.807) is 0 Å². The van der Waals surface area contributed by atoms with Crippen molar-refractivity contribution in [2.45, 2.75) is 51.7 Å². The van der Waals surface area contributed by atoms with Crippen molar-refractivity contribution < 1.29 is 18.8 Å². The van der Waals surface area contributed by atoms with Crippen LogP contribution in [0, 0.1) is 0 Å². The first kappa shape index (κ1) is 15.2. The smallest absolute Gasteiger partial charge is 0.306 e. The standard InChI is InChI=1S/C11H22O4Si/c1-11(2,3)16(5,6)15-10(13)8-7-9(12)14-4/h7-8H2,1-6H3. The van der Waals surface area contributed by atoms with E-state index in [0.29, 0.717) is 0 Å². The van der Waals surface area contributed by atoms with Crippen molar-refractivity contribution in [1.29, 1.82) is 0 Å². The molecule has 0 fully saturated rings. The number of carbonyl (C=O) groups excluding carboxylic acids is 2. The molecule has 0 aliphatic rings. The van der Waals surface area contributed by atoms with E-state index in [2.05, 4.69) is 25.5 Å². The first-order chi connectivity index (χ1) is 7.10. The molecule has 0 bridgehead atoms. The Morgan fingerprint density at radius 1 is 1.06 bits per heavy atom. The number of hydrogen-bond donors (Lipinski definition) is 0. The molecule has 0 saturated heterocycles. The number of esters is 1. The van der Waals surface area contributed by atoms with E-state index >= 15 is 0 Å². The maximum Gasteiger partial charge on any atom is 0.306 e. The van der Waals surface area contributed by atoms with E-state index < -0.39 is 8.32 Å². The summed E-state index contributed by atoms with van der Waals surface area (Å²) in [6, 6.07) is 0. The van der Waals surface area contributed by atoms with Gasteiger partial charge in [0.1, 0.15) is 0 Å². The van der Waals surface area contributed by atoms with Crippen LogP contribution < -0.4 is 0 Å². The quantitative estimate of drug-likeness (QED) is 0.565. The topological polar surface area (TPSA) is 52.6 Å². The number of methoxy groups -OCH3 is 1. The number of rotatable bonds is 4. The molecule has 5 heteroatoms. The fourth-order valence-corrected chi connectivity index (χ4v) is 1.77. The monoisotopic (exact) mass is 246 g/mol. The van der Waals surface area contributed by atoms with E-state index in [4.69, 9.17) is 4.43 Å². The second kappa shape index (κ2) is 5.47. The van der Waals surface area contributed by atoms with Crippen LogP contribution in [0.3, 0.4) is 0 Å². The average molecular weight is 246 g/mol. The van der Waals surface area contributed by atoms with Gasteiger partial charge in [-0.2, -0.15) is 0 Å². The van der Waals surface area contributed by atoms with Gasteiger partial charge in [-0.1, -0.05) is 20.8 Å². The lowest BCUT2D eigenvalue weighted by Gasteiger charge is -2.35. The summed E-state index contributed by atoms with van der Waals surface area (Å²) in [5.41, 5.74) is 0. The fraction of sp³-hybridized carbons (Fsp3) is 0.818. The van der Waals surface area contributed by atoms with Gasteiger partial charge in [-0.25, -0.2) is 0 Å². The average Bonchev–Trinajstić information content (AvgIpc) is 2.11. The van der Waals surface area contributed by atoms with Crippen LogP contribution in [0.25, 0.3) is 0 Å². The Kier molecular flexibility index (Phi) is 5.19. The van der Waals surface area contributed by atoms with Crippen LogP contribution in [0.5, 0.6) is 0 Å². The fourth-order valence-electron chi connectivity index (χ4n) is 0.795. The van der Waals surface area contributed by atoms with E-state index in [-0.39, 0.29) is 29.8 Å². The van der Waals surface area contributed by atoms with Gasteiger partial charge in [-0.15, -0.1) is 0 Å². The maximum atomic E-state index is 11.5. The van der Waals surface area contributed by atoms with Crippen LogP contribution in [0.4, 0.5) is 0 Å². The van der Waals surface area contributed by atoms with Gasteiger partial charge in [0.2, 0.25) is 0 Å². The lowest BCUT2D eigenvalue weighted by molar-refractivity contribution is -0.145. The summed E-state index contributed by atoms with van der Waals surface area (Å²) in [5.74, 6) is -0.691. The van der Waals surface area contributed by atoms with E-state index in [1.807, 2.05) is 13.1 Å². The number of ether oxygens (including phenoxy) is 1. The van der Waals surface area contributed by atoms with Crippen molar-refractivity contribution in [2.75, 3.05) is 7.11 Å². The zero-order valence-corrected chi connectivity index (χ0v) is 12.0. The van der Waals surface area contributed by atoms with Crippen molar-refractivity contribution in [3.05, 3.63) is 0 Å². The molecule has 0 N–H and O–H groups in total. The molecule has 0 aliphatic carbocycles. The van der Waals surface area contributed by atoms with Gasteiger partial charge < -0.3 is 9.16 Å². The van der Waals surface area contributed by atoms with Crippen molar-refractivity contribution in [2.24, 2.45) is 0 Å². The van der Waals surface area contributed by atoms with Gasteiger partial charge in [0.25, 0.3) is 14.3 Å². The van der Waals surface area contributed by atoms with Crippen molar-refractivity contribution in [3.8, 4) is 0 Å². The van der Waals surface area contributed by atoms with Crippen LogP contribution in [0.2, 0.25) is 18.1 Å². The molecule has 0 aliphatic heterocycles. The molecule has 0 unspecified atom stereocenters. The highest BCUT2D eigenvalue weighted by atomic mass is 28.4. The molecule has 0 spiro atoms. The van der Waals surface area contributed by atoms with Crippen LogP contribution >= 0.6 is 0 Å². The molecule has 16 heavy (non-hydrogen) atoms. The predicted molar refractivity (Wildman–Crippen MR) is 64.5 cm³/mol. The van der Waals surface area contributed by atoms with Gasteiger partial charge in [0, 0.05) is 0 Å². The van der Waals surface area contributed by atoms with E-state index in [9.17, 15) is 9.59 Å². The third kappa shape index (κ3) is 4.79. The number of carbonyl (C=O) groups is 2. The Bertz CT molecular complexity index is 266. The molecule has 0 aromatic rings. The van der Waals surface area contributed by atoms with Crippen molar-refractivity contribution in [3.63, 3.8) is 0 Å². The third-order valence-corrected chi connectivity index (χ3v) is 7.29. The van der Waals surface area contributed by atoms with Gasteiger partial charge in [0.05, 0.1) is 20.0 Å². The first-order valence-corrected chi connectivity index (χ1v) is 8.29. The number of hydrogen-bond acceptors (Lipinski definition) is 4. The van der Waals surface area contributed by atoms with Crippen LogP contribution in [0.1, 0.15) is 33.6 Å². The maximum absolute atomic E-state index is 11.5. The molecule has 0 rings (SSSR count). The molecular formula is C11H22O4Si. The largest absolute Gasteiger partial charge is 0.519 e.